The van der Waals surface area contributed by atoms with Crippen LogP contribution in [0.3, 0.4) is 0 Å². The van der Waals surface area contributed by atoms with E-state index >= 15 is 0 Å². The largest absolute Gasteiger partial charge is 0.357 e. The number of nitrogens with one attached hydrogen (secondary N) is 3. The SMILES string of the molecule is CCNC(=NCc1cc(F)ccc1F)NCc1cc2ccccc2[nH]1.I. The Kier molecular flexibility index (Phi) is 7.38. The van der Waals surface area contributed by atoms with Gasteiger partial charge in [-0.25, -0.2) is 13.8 Å². The van der Waals surface area contributed by atoms with Crippen LogP contribution in [0.25, 0.3) is 10.9 Å². The molecule has 0 unspecified atom stereocenters. The average Bonchev–Trinajstić information content (AvgIpc) is 3.03. The van der Waals surface area contributed by atoms with Crippen LogP contribution in [0.15, 0.2) is 53.5 Å². The van der Waals surface area contributed by atoms with Crippen molar-refractivity contribution in [2.45, 2.75) is 20.0 Å². The number of H-pyrrole nitrogens is 1. The van der Waals surface area contributed by atoms with Crippen LogP contribution in [0.5, 0.6) is 0 Å². The van der Waals surface area contributed by atoms with Crippen molar-refractivity contribution >= 4 is 40.8 Å². The summed E-state index contributed by atoms with van der Waals surface area (Å²) in [7, 11) is 0. The Morgan fingerprint density at radius 1 is 1.08 bits per heavy atom. The van der Waals surface area contributed by atoms with Crippen LogP contribution in [0, 0.1) is 11.6 Å². The summed E-state index contributed by atoms with van der Waals surface area (Å²) in [6, 6.07) is 13.5. The molecule has 3 rings (SSSR count). The van der Waals surface area contributed by atoms with Crippen molar-refractivity contribution < 1.29 is 8.78 Å². The Morgan fingerprint density at radius 2 is 1.88 bits per heavy atom. The second-order valence-corrected chi connectivity index (χ2v) is 5.67. The fraction of sp³-hybridized carbons (Fsp3) is 0.211. The molecular weight excluding hydrogens is 449 g/mol. The molecule has 0 fully saturated rings. The highest BCUT2D eigenvalue weighted by Crippen LogP contribution is 2.14. The zero-order valence-corrected chi connectivity index (χ0v) is 16.7. The first-order valence-electron chi connectivity index (χ1n) is 8.18. The smallest absolute Gasteiger partial charge is 0.191 e. The third-order valence-electron chi connectivity index (χ3n) is 3.79. The molecule has 0 aliphatic heterocycles. The summed E-state index contributed by atoms with van der Waals surface area (Å²) < 4.78 is 26.9. The first-order valence-corrected chi connectivity index (χ1v) is 8.18. The second-order valence-electron chi connectivity index (χ2n) is 5.67. The molecule has 0 aliphatic carbocycles. The predicted molar refractivity (Wildman–Crippen MR) is 112 cm³/mol. The minimum Gasteiger partial charge on any atom is -0.357 e. The molecule has 0 spiro atoms. The van der Waals surface area contributed by atoms with Crippen molar-refractivity contribution in [2.24, 2.45) is 4.99 Å². The van der Waals surface area contributed by atoms with Gasteiger partial charge in [0, 0.05) is 23.3 Å². The molecule has 0 saturated heterocycles. The van der Waals surface area contributed by atoms with Gasteiger partial charge in [0.2, 0.25) is 0 Å². The van der Waals surface area contributed by atoms with Crippen molar-refractivity contribution in [2.75, 3.05) is 6.54 Å². The van der Waals surface area contributed by atoms with Crippen LogP contribution in [0.4, 0.5) is 8.78 Å². The van der Waals surface area contributed by atoms with Crippen molar-refractivity contribution in [1.29, 1.82) is 0 Å². The molecule has 26 heavy (non-hydrogen) atoms. The van der Waals surface area contributed by atoms with Crippen molar-refractivity contribution in [3.63, 3.8) is 0 Å². The number of nitrogens with zero attached hydrogens (tertiary/aromatic N) is 1. The van der Waals surface area contributed by atoms with Gasteiger partial charge in [-0.3, -0.25) is 0 Å². The third kappa shape index (κ3) is 5.17. The minimum absolute atomic E-state index is 0. The van der Waals surface area contributed by atoms with Gasteiger partial charge in [0.1, 0.15) is 11.6 Å². The predicted octanol–water partition coefficient (Wildman–Crippen LogP) is 4.32. The van der Waals surface area contributed by atoms with Gasteiger partial charge in [-0.2, -0.15) is 0 Å². The number of rotatable bonds is 5. The lowest BCUT2D eigenvalue weighted by molar-refractivity contribution is 0.585. The number of guanidine groups is 1. The summed E-state index contributed by atoms with van der Waals surface area (Å²) in [5.74, 6) is -0.385. The van der Waals surface area contributed by atoms with E-state index in [1.165, 1.54) is 6.07 Å². The zero-order chi connectivity index (χ0) is 17.6. The number of halogens is 3. The standard InChI is InChI=1S/C19H20F2N4.HI/c1-2-22-19(23-11-14-9-15(20)7-8-17(14)21)24-12-16-10-13-5-3-4-6-18(13)25-16;/h3-10,25H,2,11-12H2,1H3,(H2,22,23,24);1H. The van der Waals surface area contributed by atoms with E-state index in [0.29, 0.717) is 19.0 Å². The van der Waals surface area contributed by atoms with E-state index in [1.54, 1.807) is 0 Å². The monoisotopic (exact) mass is 470 g/mol. The lowest BCUT2D eigenvalue weighted by Crippen LogP contribution is -2.36. The van der Waals surface area contributed by atoms with Crippen LogP contribution in [-0.2, 0) is 13.1 Å². The van der Waals surface area contributed by atoms with Gasteiger partial charge < -0.3 is 15.6 Å². The molecule has 0 radical (unpaired) electrons. The molecule has 0 aliphatic rings. The van der Waals surface area contributed by atoms with E-state index in [2.05, 4.69) is 26.7 Å². The summed E-state index contributed by atoms with van der Waals surface area (Å²) in [6.07, 6.45) is 0. The lowest BCUT2D eigenvalue weighted by Gasteiger charge is -2.10. The van der Waals surface area contributed by atoms with Crippen LogP contribution in [0.2, 0.25) is 0 Å². The second kappa shape index (κ2) is 9.51. The van der Waals surface area contributed by atoms with E-state index in [4.69, 9.17) is 0 Å². The molecule has 0 bridgehead atoms. The molecular formula is C19H21F2IN4. The molecule has 1 heterocycles. The first-order chi connectivity index (χ1) is 12.2. The number of benzene rings is 2. The normalized spacial score (nSPS) is 11.3. The van der Waals surface area contributed by atoms with Crippen molar-refractivity contribution in [3.05, 3.63) is 71.4 Å². The Labute approximate surface area is 168 Å². The maximum Gasteiger partial charge on any atom is 0.191 e. The number of para-hydroxylation sites is 1. The van der Waals surface area contributed by atoms with Gasteiger partial charge in [-0.1, -0.05) is 18.2 Å². The van der Waals surface area contributed by atoms with Crippen LogP contribution < -0.4 is 10.6 Å². The summed E-state index contributed by atoms with van der Waals surface area (Å²) in [5.41, 5.74) is 2.31. The topological polar surface area (TPSA) is 52.2 Å². The van der Waals surface area contributed by atoms with E-state index < -0.39 is 11.6 Å². The molecule has 138 valence electrons. The maximum atomic E-state index is 13.7. The number of aromatic amines is 1. The van der Waals surface area contributed by atoms with Gasteiger partial charge in [0.05, 0.1) is 13.1 Å². The number of hydrogen-bond donors (Lipinski definition) is 3. The van der Waals surface area contributed by atoms with E-state index in [0.717, 1.165) is 28.7 Å². The molecule has 3 aromatic rings. The maximum absolute atomic E-state index is 13.7. The molecule has 0 atom stereocenters. The summed E-state index contributed by atoms with van der Waals surface area (Å²) >= 11 is 0. The molecule has 0 saturated carbocycles. The highest BCUT2D eigenvalue weighted by atomic mass is 127. The molecule has 0 amide bonds. The highest BCUT2D eigenvalue weighted by molar-refractivity contribution is 14.0. The van der Waals surface area contributed by atoms with E-state index in [1.807, 2.05) is 31.2 Å². The quantitative estimate of drug-likeness (QED) is 0.296. The number of aliphatic imine (C=N–C) groups is 1. The third-order valence-corrected chi connectivity index (χ3v) is 3.79. The Bertz CT molecular complexity index is 859. The fourth-order valence-corrected chi connectivity index (χ4v) is 2.58. The van der Waals surface area contributed by atoms with Gasteiger partial charge in [0.25, 0.3) is 0 Å². The molecule has 7 heteroatoms. The molecule has 3 N–H and O–H groups in total. The van der Waals surface area contributed by atoms with Gasteiger partial charge in [-0.15, -0.1) is 24.0 Å². The Morgan fingerprint density at radius 3 is 2.65 bits per heavy atom. The van der Waals surface area contributed by atoms with Gasteiger partial charge in [0.15, 0.2) is 5.96 Å². The minimum atomic E-state index is -0.470. The highest BCUT2D eigenvalue weighted by Gasteiger charge is 2.05. The van der Waals surface area contributed by atoms with Gasteiger partial charge >= 0.3 is 0 Å². The van der Waals surface area contributed by atoms with E-state index in [9.17, 15) is 8.78 Å². The molecule has 1 aromatic heterocycles. The number of hydrogen-bond acceptors (Lipinski definition) is 1. The number of aromatic nitrogens is 1. The Hall–Kier alpha value is -2.16. The van der Waals surface area contributed by atoms with Crippen LogP contribution in [-0.4, -0.2) is 17.5 Å². The average molecular weight is 470 g/mol. The fourth-order valence-electron chi connectivity index (χ4n) is 2.58. The summed E-state index contributed by atoms with van der Waals surface area (Å²) in [6.45, 7) is 3.23. The van der Waals surface area contributed by atoms with Crippen LogP contribution >= 0.6 is 24.0 Å². The summed E-state index contributed by atoms with van der Waals surface area (Å²) in [5, 5.41) is 7.44. The zero-order valence-electron chi connectivity index (χ0n) is 14.4. The first kappa shape index (κ1) is 20.2. The lowest BCUT2D eigenvalue weighted by atomic mass is 10.2. The van der Waals surface area contributed by atoms with Gasteiger partial charge in [-0.05, 0) is 42.6 Å². The van der Waals surface area contributed by atoms with Crippen molar-refractivity contribution in [3.8, 4) is 0 Å². The molecule has 2 aromatic carbocycles. The molecule has 4 nitrogen and oxygen atoms in total. The number of fused-ring (bicyclic) bond motifs is 1. The van der Waals surface area contributed by atoms with Crippen LogP contribution in [0.1, 0.15) is 18.2 Å². The summed E-state index contributed by atoms with van der Waals surface area (Å²) in [4.78, 5) is 7.66. The Balaban J connectivity index is 0.00000243. The van der Waals surface area contributed by atoms with E-state index in [-0.39, 0.29) is 36.1 Å². The van der Waals surface area contributed by atoms with Crippen molar-refractivity contribution in [1.82, 2.24) is 15.6 Å².